The van der Waals surface area contributed by atoms with Gasteiger partial charge in [0, 0.05) is 17.5 Å². The summed E-state index contributed by atoms with van der Waals surface area (Å²) in [7, 11) is 0. The van der Waals surface area contributed by atoms with Gasteiger partial charge >= 0.3 is 0 Å². The number of hydrogen-bond donors (Lipinski definition) is 2. The zero-order valence-corrected chi connectivity index (χ0v) is 12.4. The van der Waals surface area contributed by atoms with Crippen LogP contribution < -0.4 is 5.32 Å². The van der Waals surface area contributed by atoms with Crippen molar-refractivity contribution in [3.63, 3.8) is 0 Å². The Kier molecular flexibility index (Phi) is 6.40. The second kappa shape index (κ2) is 7.56. The standard InChI is InChI=1S/C16H23NO.ClH/c1-3-6-13-14(17-11-4-2)10-9-12-7-5-8-15(18)16(12)13;/h3,5,7-8,13-14,17-18H,1,4,6,9-11H2,2H3;1H/t13-,14-;/m1./s1. The summed E-state index contributed by atoms with van der Waals surface area (Å²) >= 11 is 0. The molecule has 0 spiro atoms. The van der Waals surface area contributed by atoms with Gasteiger partial charge < -0.3 is 10.4 Å². The van der Waals surface area contributed by atoms with E-state index in [9.17, 15) is 5.11 Å². The molecule has 0 unspecified atom stereocenters. The molecule has 1 aliphatic carbocycles. The average molecular weight is 282 g/mol. The van der Waals surface area contributed by atoms with Gasteiger partial charge in [0.15, 0.2) is 0 Å². The Balaban J connectivity index is 0.00000180. The van der Waals surface area contributed by atoms with Gasteiger partial charge in [0.25, 0.3) is 0 Å². The predicted molar refractivity (Wildman–Crippen MR) is 83.3 cm³/mol. The van der Waals surface area contributed by atoms with E-state index in [1.807, 2.05) is 12.1 Å². The Hall–Kier alpha value is -0.990. The third kappa shape index (κ3) is 3.52. The lowest BCUT2D eigenvalue weighted by atomic mass is 9.77. The Morgan fingerprint density at radius 3 is 2.95 bits per heavy atom. The van der Waals surface area contributed by atoms with Gasteiger partial charge in [0.05, 0.1) is 0 Å². The Morgan fingerprint density at radius 2 is 2.26 bits per heavy atom. The molecule has 1 aromatic carbocycles. The van der Waals surface area contributed by atoms with Crippen molar-refractivity contribution in [3.8, 4) is 5.75 Å². The van der Waals surface area contributed by atoms with Gasteiger partial charge in [-0.3, -0.25) is 0 Å². The zero-order valence-electron chi connectivity index (χ0n) is 11.6. The van der Waals surface area contributed by atoms with Crippen molar-refractivity contribution >= 4 is 12.4 Å². The van der Waals surface area contributed by atoms with Crippen molar-refractivity contribution in [3.05, 3.63) is 42.0 Å². The molecule has 3 heteroatoms. The number of hydrogen-bond acceptors (Lipinski definition) is 2. The van der Waals surface area contributed by atoms with E-state index in [-0.39, 0.29) is 12.4 Å². The molecule has 2 rings (SSSR count). The van der Waals surface area contributed by atoms with Crippen LogP contribution in [0.5, 0.6) is 5.75 Å². The third-order valence-corrected chi connectivity index (χ3v) is 3.83. The van der Waals surface area contributed by atoms with Crippen molar-refractivity contribution in [2.45, 2.75) is 44.6 Å². The van der Waals surface area contributed by atoms with Crippen LogP contribution >= 0.6 is 12.4 Å². The highest BCUT2D eigenvalue weighted by molar-refractivity contribution is 5.85. The van der Waals surface area contributed by atoms with E-state index in [0.717, 1.165) is 37.8 Å². The van der Waals surface area contributed by atoms with Crippen LogP contribution in [-0.4, -0.2) is 17.7 Å². The molecule has 1 aromatic rings. The lowest BCUT2D eigenvalue weighted by Gasteiger charge is -2.34. The molecular weight excluding hydrogens is 258 g/mol. The van der Waals surface area contributed by atoms with E-state index in [4.69, 9.17) is 0 Å². The minimum atomic E-state index is 0. The molecule has 106 valence electrons. The monoisotopic (exact) mass is 281 g/mol. The molecule has 0 bridgehead atoms. The van der Waals surface area contributed by atoms with Gasteiger partial charge in [0.2, 0.25) is 0 Å². The van der Waals surface area contributed by atoms with E-state index in [2.05, 4.69) is 24.9 Å². The summed E-state index contributed by atoms with van der Waals surface area (Å²) in [5, 5.41) is 13.7. The first kappa shape index (κ1) is 16.1. The lowest BCUT2D eigenvalue weighted by Crippen LogP contribution is -2.38. The van der Waals surface area contributed by atoms with Crippen molar-refractivity contribution in [2.75, 3.05) is 6.54 Å². The summed E-state index contributed by atoms with van der Waals surface area (Å²) in [6.07, 6.45) is 6.23. The zero-order chi connectivity index (χ0) is 13.0. The first-order valence-corrected chi connectivity index (χ1v) is 6.93. The van der Waals surface area contributed by atoms with Crippen LogP contribution in [0.2, 0.25) is 0 Å². The van der Waals surface area contributed by atoms with Crippen molar-refractivity contribution < 1.29 is 5.11 Å². The summed E-state index contributed by atoms with van der Waals surface area (Å²) in [4.78, 5) is 0. The Labute approximate surface area is 122 Å². The SMILES string of the molecule is C=CC[C@H]1c2c(O)cccc2CC[C@H]1NCCC.Cl. The molecule has 2 N–H and O–H groups in total. The number of allylic oxidation sites excluding steroid dienone is 1. The van der Waals surface area contributed by atoms with Crippen molar-refractivity contribution in [1.29, 1.82) is 0 Å². The van der Waals surface area contributed by atoms with Crippen LogP contribution in [-0.2, 0) is 6.42 Å². The van der Waals surface area contributed by atoms with E-state index in [0.29, 0.717) is 17.7 Å². The molecule has 0 saturated carbocycles. The summed E-state index contributed by atoms with van der Waals surface area (Å²) < 4.78 is 0. The van der Waals surface area contributed by atoms with E-state index >= 15 is 0 Å². The second-order valence-electron chi connectivity index (χ2n) is 5.08. The lowest BCUT2D eigenvalue weighted by molar-refractivity contribution is 0.371. The largest absolute Gasteiger partial charge is 0.508 e. The molecule has 2 nitrogen and oxygen atoms in total. The number of aromatic hydroxyl groups is 1. The summed E-state index contributed by atoms with van der Waals surface area (Å²) in [6.45, 7) is 7.09. The highest BCUT2D eigenvalue weighted by atomic mass is 35.5. The van der Waals surface area contributed by atoms with Gasteiger partial charge in [0.1, 0.15) is 5.75 Å². The van der Waals surface area contributed by atoms with Gasteiger partial charge in [-0.25, -0.2) is 0 Å². The number of aryl methyl sites for hydroxylation is 1. The summed E-state index contributed by atoms with van der Waals surface area (Å²) in [5.41, 5.74) is 2.44. The van der Waals surface area contributed by atoms with Gasteiger partial charge in [-0.05, 0) is 43.9 Å². The highest BCUT2D eigenvalue weighted by Crippen LogP contribution is 2.39. The fourth-order valence-electron chi connectivity index (χ4n) is 2.99. The van der Waals surface area contributed by atoms with Crippen molar-refractivity contribution in [1.82, 2.24) is 5.32 Å². The smallest absolute Gasteiger partial charge is 0.119 e. The fourth-order valence-corrected chi connectivity index (χ4v) is 2.99. The maximum atomic E-state index is 10.1. The van der Waals surface area contributed by atoms with E-state index < -0.39 is 0 Å². The minimum absolute atomic E-state index is 0. The average Bonchev–Trinajstić information content (AvgIpc) is 2.38. The molecule has 0 aliphatic heterocycles. The van der Waals surface area contributed by atoms with Crippen LogP contribution in [0, 0.1) is 0 Å². The van der Waals surface area contributed by atoms with Crippen LogP contribution in [0.15, 0.2) is 30.9 Å². The molecule has 0 amide bonds. The Bertz CT molecular complexity index is 419. The van der Waals surface area contributed by atoms with Crippen molar-refractivity contribution in [2.24, 2.45) is 0 Å². The molecule has 0 radical (unpaired) electrons. The van der Waals surface area contributed by atoms with Gasteiger partial charge in [-0.15, -0.1) is 19.0 Å². The van der Waals surface area contributed by atoms with Crippen LogP contribution in [0.1, 0.15) is 43.2 Å². The topological polar surface area (TPSA) is 32.3 Å². The number of phenols is 1. The van der Waals surface area contributed by atoms with E-state index in [1.54, 1.807) is 6.07 Å². The van der Waals surface area contributed by atoms with Gasteiger partial charge in [-0.1, -0.05) is 25.1 Å². The highest BCUT2D eigenvalue weighted by Gasteiger charge is 2.30. The van der Waals surface area contributed by atoms with Gasteiger partial charge in [-0.2, -0.15) is 0 Å². The third-order valence-electron chi connectivity index (χ3n) is 3.83. The quantitative estimate of drug-likeness (QED) is 0.805. The maximum absolute atomic E-state index is 10.1. The summed E-state index contributed by atoms with van der Waals surface area (Å²) in [6, 6.07) is 6.35. The first-order chi connectivity index (χ1) is 8.77. The number of nitrogens with one attached hydrogen (secondary N) is 1. The number of rotatable bonds is 5. The van der Waals surface area contributed by atoms with Crippen LogP contribution in [0.3, 0.4) is 0 Å². The number of benzene rings is 1. The molecule has 0 heterocycles. The molecule has 0 fully saturated rings. The minimum Gasteiger partial charge on any atom is -0.508 e. The maximum Gasteiger partial charge on any atom is 0.119 e. The number of halogens is 1. The van der Waals surface area contributed by atoms with Crippen LogP contribution in [0.25, 0.3) is 0 Å². The Morgan fingerprint density at radius 1 is 1.47 bits per heavy atom. The number of phenolic OH excluding ortho intramolecular Hbond substituents is 1. The van der Waals surface area contributed by atoms with E-state index in [1.165, 1.54) is 5.56 Å². The molecule has 1 aliphatic rings. The molecule has 0 saturated heterocycles. The molecule has 19 heavy (non-hydrogen) atoms. The summed E-state index contributed by atoms with van der Waals surface area (Å²) in [5.74, 6) is 0.807. The normalized spacial score (nSPS) is 21.3. The second-order valence-corrected chi connectivity index (χ2v) is 5.08. The molecular formula is C16H24ClNO. The van der Waals surface area contributed by atoms with Crippen LogP contribution in [0.4, 0.5) is 0 Å². The number of fused-ring (bicyclic) bond motifs is 1. The molecule has 0 aromatic heterocycles. The predicted octanol–water partition coefficient (Wildman–Crippen LogP) is 3.79. The molecule has 2 atom stereocenters. The first-order valence-electron chi connectivity index (χ1n) is 6.93. The fraction of sp³-hybridized carbons (Fsp3) is 0.500.